The maximum atomic E-state index is 12.8. The standard InChI is InChI=1S/C13H11ClFNO2S/c14-12-2-1-3-13(16)11(12)8-19(17,18)10-6-4-9(15)5-7-10/h1-7H,8,16H2. The van der Waals surface area contributed by atoms with Crippen molar-refractivity contribution in [2.75, 3.05) is 5.73 Å². The van der Waals surface area contributed by atoms with Gasteiger partial charge in [0.1, 0.15) is 5.82 Å². The summed E-state index contributed by atoms with van der Waals surface area (Å²) in [5.41, 5.74) is 6.39. The lowest BCUT2D eigenvalue weighted by atomic mass is 10.2. The van der Waals surface area contributed by atoms with E-state index in [2.05, 4.69) is 0 Å². The summed E-state index contributed by atoms with van der Waals surface area (Å²) < 4.78 is 37.2. The fourth-order valence-electron chi connectivity index (χ4n) is 1.64. The highest BCUT2D eigenvalue weighted by Crippen LogP contribution is 2.26. The van der Waals surface area contributed by atoms with Crippen molar-refractivity contribution in [1.82, 2.24) is 0 Å². The van der Waals surface area contributed by atoms with Crippen molar-refractivity contribution < 1.29 is 12.8 Å². The third kappa shape index (κ3) is 3.05. The van der Waals surface area contributed by atoms with E-state index in [1.54, 1.807) is 18.2 Å². The molecule has 0 amide bonds. The van der Waals surface area contributed by atoms with Gasteiger partial charge in [-0.2, -0.15) is 0 Å². The number of rotatable bonds is 3. The van der Waals surface area contributed by atoms with E-state index in [-0.39, 0.29) is 10.6 Å². The second-order valence-electron chi connectivity index (χ2n) is 4.02. The molecule has 0 spiro atoms. The fourth-order valence-corrected chi connectivity index (χ4v) is 3.39. The summed E-state index contributed by atoms with van der Waals surface area (Å²) in [5.74, 6) is -0.805. The zero-order valence-corrected chi connectivity index (χ0v) is 11.4. The summed E-state index contributed by atoms with van der Waals surface area (Å²) in [6.45, 7) is 0. The van der Waals surface area contributed by atoms with Crippen molar-refractivity contribution in [3.63, 3.8) is 0 Å². The van der Waals surface area contributed by atoms with Gasteiger partial charge >= 0.3 is 0 Å². The number of nitrogens with two attached hydrogens (primary N) is 1. The van der Waals surface area contributed by atoms with Crippen molar-refractivity contribution >= 4 is 27.1 Å². The lowest BCUT2D eigenvalue weighted by Gasteiger charge is -2.09. The summed E-state index contributed by atoms with van der Waals surface area (Å²) >= 11 is 5.94. The molecule has 0 radical (unpaired) electrons. The minimum Gasteiger partial charge on any atom is -0.398 e. The van der Waals surface area contributed by atoms with Gasteiger partial charge in [0.15, 0.2) is 9.84 Å². The van der Waals surface area contributed by atoms with E-state index < -0.39 is 15.7 Å². The Balaban J connectivity index is 2.39. The van der Waals surface area contributed by atoms with Crippen molar-refractivity contribution in [2.24, 2.45) is 0 Å². The van der Waals surface area contributed by atoms with Crippen LogP contribution in [0.2, 0.25) is 5.02 Å². The molecule has 2 rings (SSSR count). The molecule has 0 aliphatic rings. The van der Waals surface area contributed by atoms with Crippen molar-refractivity contribution in [3.8, 4) is 0 Å². The number of benzene rings is 2. The molecule has 100 valence electrons. The zero-order chi connectivity index (χ0) is 14.0. The summed E-state index contributed by atoms with van der Waals surface area (Å²) in [7, 11) is -3.61. The second-order valence-corrected chi connectivity index (χ2v) is 6.42. The molecule has 0 unspecified atom stereocenters. The van der Waals surface area contributed by atoms with Gasteiger partial charge in [0.05, 0.1) is 10.6 Å². The highest BCUT2D eigenvalue weighted by atomic mass is 35.5. The lowest BCUT2D eigenvalue weighted by molar-refractivity contribution is 0.594. The van der Waals surface area contributed by atoms with Gasteiger partial charge in [-0.25, -0.2) is 12.8 Å². The molecular formula is C13H11ClFNO2S. The third-order valence-corrected chi connectivity index (χ3v) is 4.68. The highest BCUT2D eigenvalue weighted by molar-refractivity contribution is 7.90. The van der Waals surface area contributed by atoms with Crippen LogP contribution in [0.25, 0.3) is 0 Å². The molecule has 0 saturated heterocycles. The molecule has 0 fully saturated rings. The molecule has 0 atom stereocenters. The first-order valence-corrected chi connectivity index (χ1v) is 7.44. The van der Waals surface area contributed by atoms with E-state index in [4.69, 9.17) is 17.3 Å². The fraction of sp³-hybridized carbons (Fsp3) is 0.0769. The van der Waals surface area contributed by atoms with Crippen molar-refractivity contribution in [2.45, 2.75) is 10.6 Å². The van der Waals surface area contributed by atoms with E-state index in [9.17, 15) is 12.8 Å². The first kappa shape index (κ1) is 13.8. The Bertz CT molecular complexity index is 679. The molecule has 0 aliphatic heterocycles. The number of anilines is 1. The number of hydrogen-bond donors (Lipinski definition) is 1. The smallest absolute Gasteiger partial charge is 0.182 e. The molecule has 0 bridgehead atoms. The van der Waals surface area contributed by atoms with E-state index in [1.807, 2.05) is 0 Å². The van der Waals surface area contributed by atoms with Crippen LogP contribution < -0.4 is 5.73 Å². The minimum atomic E-state index is -3.61. The Hall–Kier alpha value is -1.59. The quantitative estimate of drug-likeness (QED) is 0.700. The van der Waals surface area contributed by atoms with E-state index in [0.29, 0.717) is 16.3 Å². The molecule has 6 heteroatoms. The van der Waals surface area contributed by atoms with E-state index in [1.165, 1.54) is 12.1 Å². The SMILES string of the molecule is Nc1cccc(Cl)c1CS(=O)(=O)c1ccc(F)cc1. The van der Waals surface area contributed by atoms with Gasteiger partial charge < -0.3 is 5.73 Å². The maximum Gasteiger partial charge on any atom is 0.182 e. The number of sulfone groups is 1. The monoisotopic (exact) mass is 299 g/mol. The van der Waals surface area contributed by atoms with Gasteiger partial charge in [-0.05, 0) is 36.4 Å². The summed E-state index contributed by atoms with van der Waals surface area (Å²) in [4.78, 5) is 0.0354. The second kappa shape index (κ2) is 5.19. The third-order valence-electron chi connectivity index (χ3n) is 2.66. The molecule has 2 aromatic rings. The van der Waals surface area contributed by atoms with Gasteiger partial charge in [0, 0.05) is 16.3 Å². The normalized spacial score (nSPS) is 11.5. The first-order valence-electron chi connectivity index (χ1n) is 5.41. The molecule has 0 aromatic heterocycles. The average molecular weight is 300 g/mol. The van der Waals surface area contributed by atoms with Crippen LogP contribution in [0.5, 0.6) is 0 Å². The predicted octanol–water partition coefficient (Wildman–Crippen LogP) is 3.04. The van der Waals surface area contributed by atoms with Crippen LogP contribution in [-0.2, 0) is 15.6 Å². The van der Waals surface area contributed by atoms with Crippen LogP contribution >= 0.6 is 11.6 Å². The molecule has 3 nitrogen and oxygen atoms in total. The summed E-state index contributed by atoms with van der Waals surface area (Å²) in [5, 5.41) is 0.297. The topological polar surface area (TPSA) is 60.2 Å². The Morgan fingerprint density at radius 2 is 1.74 bits per heavy atom. The number of hydrogen-bond acceptors (Lipinski definition) is 3. The van der Waals surface area contributed by atoms with Gasteiger partial charge in [0.25, 0.3) is 0 Å². The molecular weight excluding hydrogens is 289 g/mol. The number of halogens is 2. The maximum absolute atomic E-state index is 12.8. The van der Waals surface area contributed by atoms with Gasteiger partial charge in [0.2, 0.25) is 0 Å². The minimum absolute atomic E-state index is 0.0354. The first-order chi connectivity index (χ1) is 8.90. The van der Waals surface area contributed by atoms with Crippen molar-refractivity contribution in [1.29, 1.82) is 0 Å². The van der Waals surface area contributed by atoms with Gasteiger partial charge in [-0.15, -0.1) is 0 Å². The van der Waals surface area contributed by atoms with E-state index >= 15 is 0 Å². The lowest BCUT2D eigenvalue weighted by Crippen LogP contribution is -2.07. The van der Waals surface area contributed by atoms with Crippen LogP contribution in [0.15, 0.2) is 47.4 Å². The molecule has 19 heavy (non-hydrogen) atoms. The summed E-state index contributed by atoms with van der Waals surface area (Å²) in [6.07, 6.45) is 0. The summed E-state index contributed by atoms with van der Waals surface area (Å²) in [6, 6.07) is 9.45. The van der Waals surface area contributed by atoms with Crippen LogP contribution in [0, 0.1) is 5.82 Å². The van der Waals surface area contributed by atoms with Crippen LogP contribution in [0.3, 0.4) is 0 Å². The molecule has 2 N–H and O–H groups in total. The molecule has 0 saturated carbocycles. The van der Waals surface area contributed by atoms with Crippen LogP contribution in [0.4, 0.5) is 10.1 Å². The largest absolute Gasteiger partial charge is 0.398 e. The highest BCUT2D eigenvalue weighted by Gasteiger charge is 2.18. The Morgan fingerprint density at radius 3 is 2.32 bits per heavy atom. The van der Waals surface area contributed by atoms with Crippen molar-refractivity contribution in [3.05, 3.63) is 58.9 Å². The zero-order valence-electron chi connectivity index (χ0n) is 9.81. The van der Waals surface area contributed by atoms with Crippen LogP contribution in [0.1, 0.15) is 5.56 Å². The number of nitrogen functional groups attached to an aromatic ring is 1. The Morgan fingerprint density at radius 1 is 1.11 bits per heavy atom. The van der Waals surface area contributed by atoms with Gasteiger partial charge in [-0.3, -0.25) is 0 Å². The molecule has 2 aromatic carbocycles. The predicted molar refractivity (Wildman–Crippen MR) is 73.2 cm³/mol. The Labute approximate surface area is 115 Å². The van der Waals surface area contributed by atoms with Gasteiger partial charge in [-0.1, -0.05) is 17.7 Å². The van der Waals surface area contributed by atoms with Crippen LogP contribution in [-0.4, -0.2) is 8.42 Å². The average Bonchev–Trinajstić information content (AvgIpc) is 2.35. The van der Waals surface area contributed by atoms with E-state index in [0.717, 1.165) is 12.1 Å². The molecule has 0 aliphatic carbocycles. The molecule has 0 heterocycles. The Kier molecular flexibility index (Phi) is 3.78.